The number of carbonyl (C=O) groups is 1. The first-order valence-corrected chi connectivity index (χ1v) is 9.66. The number of hydrogen-bond donors (Lipinski definition) is 1. The molecule has 2 rings (SSSR count). The van der Waals surface area contributed by atoms with Crippen molar-refractivity contribution in [2.75, 3.05) is 6.54 Å². The van der Waals surface area contributed by atoms with E-state index < -0.39 is 46.7 Å². The van der Waals surface area contributed by atoms with Gasteiger partial charge in [-0.15, -0.1) is 0 Å². The number of ether oxygens (including phenoxy) is 1. The molecule has 1 aliphatic heterocycles. The van der Waals surface area contributed by atoms with Crippen LogP contribution in [0.4, 0.5) is 13.6 Å². The molecule has 1 aromatic rings. The van der Waals surface area contributed by atoms with E-state index in [4.69, 9.17) is 25.6 Å². The van der Waals surface area contributed by atoms with Crippen LogP contribution in [0.1, 0.15) is 54.0 Å². The molecule has 0 saturated carbocycles. The van der Waals surface area contributed by atoms with Gasteiger partial charge in [-0.1, -0.05) is 17.7 Å². The number of alkyl carbamates (subject to hydrolysis) is 1. The van der Waals surface area contributed by atoms with Gasteiger partial charge in [0.25, 0.3) is 0 Å². The van der Waals surface area contributed by atoms with Crippen LogP contribution in [0.2, 0.25) is 5.02 Å². The fraction of sp³-hybridized carbons (Fsp3) is 0.550. The van der Waals surface area contributed by atoms with Gasteiger partial charge in [-0.2, -0.15) is 0 Å². The van der Waals surface area contributed by atoms with Crippen LogP contribution < -0.4 is 5.32 Å². The molecule has 0 bridgehead atoms. The van der Waals surface area contributed by atoms with Crippen LogP contribution in [0.3, 0.4) is 0 Å². The number of halogens is 3. The molecule has 1 heterocycles. The number of rotatable bonds is 4. The van der Waals surface area contributed by atoms with E-state index in [2.05, 4.69) is 5.32 Å². The maximum Gasteiger partial charge on any atom is 0.492 e. The lowest BCUT2D eigenvalue weighted by Gasteiger charge is -2.32. The third-order valence-electron chi connectivity index (χ3n) is 4.75. The molecule has 1 aromatic carbocycles. The Hall–Kier alpha value is -1.64. The minimum Gasteiger partial charge on any atom is -0.444 e. The Morgan fingerprint density at radius 3 is 2.10 bits per heavy atom. The zero-order valence-corrected chi connectivity index (χ0v) is 18.5. The molecule has 1 aliphatic rings. The highest BCUT2D eigenvalue weighted by molar-refractivity contribution is 6.56. The molecule has 1 saturated heterocycles. The lowest BCUT2D eigenvalue weighted by molar-refractivity contribution is 0.00578. The van der Waals surface area contributed by atoms with Crippen molar-refractivity contribution >= 4 is 30.9 Å². The minimum absolute atomic E-state index is 0.00238. The molecule has 1 fully saturated rings. The summed E-state index contributed by atoms with van der Waals surface area (Å²) in [5.41, 5.74) is -1.23. The van der Waals surface area contributed by atoms with Crippen molar-refractivity contribution < 1.29 is 27.6 Å². The predicted molar refractivity (Wildman–Crippen MR) is 110 cm³/mol. The Morgan fingerprint density at radius 1 is 1.17 bits per heavy atom. The van der Waals surface area contributed by atoms with Gasteiger partial charge in [0.2, 0.25) is 0 Å². The lowest BCUT2D eigenvalue weighted by atomic mass is 9.77. The highest BCUT2D eigenvalue weighted by Gasteiger charge is 2.52. The molecule has 0 unspecified atom stereocenters. The van der Waals surface area contributed by atoms with Crippen LogP contribution in [0.15, 0.2) is 17.6 Å². The number of hydrogen-bond acceptors (Lipinski definition) is 4. The van der Waals surface area contributed by atoms with E-state index in [-0.39, 0.29) is 12.1 Å². The normalized spacial score (nSPS) is 18.7. The molecule has 0 aliphatic carbocycles. The van der Waals surface area contributed by atoms with Crippen LogP contribution in [0.25, 0.3) is 6.08 Å². The van der Waals surface area contributed by atoms with Crippen molar-refractivity contribution in [3.05, 3.63) is 39.8 Å². The van der Waals surface area contributed by atoms with Crippen LogP contribution >= 0.6 is 11.6 Å². The molecule has 1 N–H and O–H groups in total. The van der Waals surface area contributed by atoms with E-state index in [1.54, 1.807) is 20.8 Å². The molecule has 0 aromatic heterocycles. The SMILES string of the molecule is CC(C)(C)OC(=O)NCC(=Cc1cc(F)c(Cl)c(F)c1)B1OC(C)(C)C(C)(C)O1. The Morgan fingerprint density at radius 2 is 1.66 bits per heavy atom. The molecule has 29 heavy (non-hydrogen) atoms. The molecule has 5 nitrogen and oxygen atoms in total. The van der Waals surface area contributed by atoms with Crippen molar-refractivity contribution in [3.8, 4) is 0 Å². The summed E-state index contributed by atoms with van der Waals surface area (Å²) in [4.78, 5) is 12.1. The minimum atomic E-state index is -0.883. The van der Waals surface area contributed by atoms with Gasteiger partial charge in [-0.05, 0) is 71.6 Å². The third kappa shape index (κ3) is 5.93. The lowest BCUT2D eigenvalue weighted by Crippen LogP contribution is -2.41. The Kier molecular flexibility index (Phi) is 6.72. The quantitative estimate of drug-likeness (QED) is 0.531. The zero-order chi connectivity index (χ0) is 22.2. The fourth-order valence-electron chi connectivity index (χ4n) is 2.56. The van der Waals surface area contributed by atoms with Gasteiger partial charge in [0.05, 0.1) is 11.2 Å². The van der Waals surface area contributed by atoms with Crippen molar-refractivity contribution in [3.63, 3.8) is 0 Å². The third-order valence-corrected chi connectivity index (χ3v) is 5.11. The average Bonchev–Trinajstić information content (AvgIpc) is 2.75. The van der Waals surface area contributed by atoms with Gasteiger partial charge in [0, 0.05) is 6.54 Å². The van der Waals surface area contributed by atoms with Gasteiger partial charge in [-0.3, -0.25) is 0 Å². The number of nitrogens with one attached hydrogen (secondary N) is 1. The number of benzene rings is 1. The van der Waals surface area contributed by atoms with Crippen LogP contribution in [-0.4, -0.2) is 36.6 Å². The number of amides is 1. The fourth-order valence-corrected chi connectivity index (χ4v) is 2.67. The second-order valence-electron chi connectivity index (χ2n) is 8.96. The Bertz CT molecular complexity index is 782. The second kappa shape index (κ2) is 8.24. The summed E-state index contributed by atoms with van der Waals surface area (Å²) in [7, 11) is -0.822. The Balaban J connectivity index is 2.32. The average molecular weight is 430 g/mol. The molecular weight excluding hydrogens is 402 g/mol. The summed E-state index contributed by atoms with van der Waals surface area (Å²) in [6.45, 7) is 12.8. The van der Waals surface area contributed by atoms with Gasteiger partial charge in [0.15, 0.2) is 0 Å². The zero-order valence-electron chi connectivity index (χ0n) is 17.8. The first kappa shape index (κ1) is 23.6. The largest absolute Gasteiger partial charge is 0.492 e. The van der Waals surface area contributed by atoms with E-state index in [0.717, 1.165) is 12.1 Å². The van der Waals surface area contributed by atoms with E-state index >= 15 is 0 Å². The maximum atomic E-state index is 13.9. The van der Waals surface area contributed by atoms with Crippen LogP contribution in [0.5, 0.6) is 0 Å². The highest BCUT2D eigenvalue weighted by atomic mass is 35.5. The summed E-state index contributed by atoms with van der Waals surface area (Å²) >= 11 is 5.56. The van der Waals surface area contributed by atoms with E-state index in [1.165, 1.54) is 6.08 Å². The van der Waals surface area contributed by atoms with E-state index in [0.29, 0.717) is 5.47 Å². The molecule has 0 spiro atoms. The highest BCUT2D eigenvalue weighted by Crippen LogP contribution is 2.39. The van der Waals surface area contributed by atoms with Gasteiger partial charge < -0.3 is 19.4 Å². The van der Waals surface area contributed by atoms with Crippen molar-refractivity contribution in [1.29, 1.82) is 0 Å². The van der Waals surface area contributed by atoms with Crippen molar-refractivity contribution in [1.82, 2.24) is 5.32 Å². The molecule has 160 valence electrons. The summed E-state index contributed by atoms with van der Waals surface area (Å²) in [5.74, 6) is -1.77. The summed E-state index contributed by atoms with van der Waals surface area (Å²) in [6.07, 6.45) is 0.871. The molecule has 0 radical (unpaired) electrons. The van der Waals surface area contributed by atoms with Crippen molar-refractivity contribution in [2.45, 2.75) is 65.3 Å². The smallest absolute Gasteiger partial charge is 0.444 e. The van der Waals surface area contributed by atoms with Gasteiger partial charge >= 0.3 is 13.2 Å². The summed E-state index contributed by atoms with van der Waals surface area (Å²) < 4.78 is 45.0. The van der Waals surface area contributed by atoms with E-state index in [1.807, 2.05) is 27.7 Å². The molecule has 1 amide bonds. The maximum absolute atomic E-state index is 13.9. The topological polar surface area (TPSA) is 56.8 Å². The first-order valence-electron chi connectivity index (χ1n) is 9.29. The second-order valence-corrected chi connectivity index (χ2v) is 9.34. The van der Waals surface area contributed by atoms with Crippen molar-refractivity contribution in [2.24, 2.45) is 0 Å². The Labute approximate surface area is 175 Å². The van der Waals surface area contributed by atoms with E-state index in [9.17, 15) is 13.6 Å². The van der Waals surface area contributed by atoms with Gasteiger partial charge in [-0.25, -0.2) is 13.6 Å². The molecule has 0 atom stereocenters. The monoisotopic (exact) mass is 429 g/mol. The summed E-state index contributed by atoms with van der Waals surface area (Å²) in [6, 6.07) is 2.20. The molecule has 9 heteroatoms. The van der Waals surface area contributed by atoms with Crippen LogP contribution in [0, 0.1) is 11.6 Å². The van der Waals surface area contributed by atoms with Gasteiger partial charge in [0.1, 0.15) is 22.3 Å². The first-order chi connectivity index (χ1) is 13.1. The standard InChI is InChI=1S/C20H27BClF2NO4/c1-18(2,3)27-17(26)25-11-13(21-28-19(4,5)20(6,7)29-21)8-12-9-14(23)16(22)15(24)10-12/h8-10H,11H2,1-7H3,(H,25,26). The summed E-state index contributed by atoms with van der Waals surface area (Å²) in [5, 5.41) is 2.05. The predicted octanol–water partition coefficient (Wildman–Crippen LogP) is 5.16. The van der Waals surface area contributed by atoms with Crippen LogP contribution in [-0.2, 0) is 14.0 Å². The number of carbonyl (C=O) groups excluding carboxylic acids is 1. The molecular formula is C20H27BClF2NO4.